The summed E-state index contributed by atoms with van der Waals surface area (Å²) in [6.07, 6.45) is 1.40. The molecule has 0 saturated carbocycles. The molecule has 0 radical (unpaired) electrons. The molecule has 0 saturated heterocycles. The standard InChI is InChI=1S/C17H23NO5/c1-2-18(16(19)9-5-6-10-17(20)21)11-13-12-22-14-7-3-4-8-15(14)23-13/h3-4,7-8,13H,2,5-6,9-12H2,1H3,(H,20,21). The van der Waals surface area contributed by atoms with Crippen LogP contribution in [-0.4, -0.2) is 47.7 Å². The van der Waals surface area contributed by atoms with Crippen LogP contribution < -0.4 is 9.47 Å². The van der Waals surface area contributed by atoms with Gasteiger partial charge in [-0.15, -0.1) is 0 Å². The van der Waals surface area contributed by atoms with Crippen molar-refractivity contribution < 1.29 is 24.2 Å². The quantitative estimate of drug-likeness (QED) is 0.744. The van der Waals surface area contributed by atoms with Gasteiger partial charge in [-0.1, -0.05) is 12.1 Å². The normalized spacial score (nSPS) is 16.0. The summed E-state index contributed by atoms with van der Waals surface area (Å²) < 4.78 is 11.5. The summed E-state index contributed by atoms with van der Waals surface area (Å²) in [6, 6.07) is 7.49. The van der Waals surface area contributed by atoms with Crippen molar-refractivity contribution in [1.82, 2.24) is 4.90 Å². The molecule has 1 amide bonds. The molecule has 2 rings (SSSR count). The lowest BCUT2D eigenvalue weighted by molar-refractivity contribution is -0.137. The highest BCUT2D eigenvalue weighted by Crippen LogP contribution is 2.31. The van der Waals surface area contributed by atoms with E-state index in [0.717, 1.165) is 5.75 Å². The van der Waals surface area contributed by atoms with E-state index in [2.05, 4.69) is 0 Å². The molecule has 1 aliphatic heterocycles. The molecule has 23 heavy (non-hydrogen) atoms. The molecule has 0 fully saturated rings. The first-order chi connectivity index (χ1) is 11.1. The average Bonchev–Trinajstić information content (AvgIpc) is 2.56. The highest BCUT2D eigenvalue weighted by atomic mass is 16.6. The molecule has 0 aliphatic carbocycles. The number of nitrogens with zero attached hydrogens (tertiary/aromatic N) is 1. The molecule has 1 aromatic carbocycles. The molecule has 0 bridgehead atoms. The van der Waals surface area contributed by atoms with Crippen molar-refractivity contribution in [3.8, 4) is 11.5 Å². The largest absolute Gasteiger partial charge is 0.486 e. The number of ether oxygens (including phenoxy) is 2. The second-order valence-corrected chi connectivity index (χ2v) is 5.53. The molecular weight excluding hydrogens is 298 g/mol. The molecule has 1 heterocycles. The first-order valence-electron chi connectivity index (χ1n) is 7.98. The van der Waals surface area contributed by atoms with Crippen LogP contribution in [0.1, 0.15) is 32.6 Å². The molecule has 1 N–H and O–H groups in total. The minimum atomic E-state index is -0.823. The maximum atomic E-state index is 12.2. The van der Waals surface area contributed by atoms with E-state index in [-0.39, 0.29) is 18.4 Å². The smallest absolute Gasteiger partial charge is 0.303 e. The van der Waals surface area contributed by atoms with E-state index in [9.17, 15) is 9.59 Å². The number of carboxylic acids is 1. The molecule has 1 aromatic rings. The minimum Gasteiger partial charge on any atom is -0.486 e. The van der Waals surface area contributed by atoms with Gasteiger partial charge in [0.05, 0.1) is 6.54 Å². The Morgan fingerprint density at radius 2 is 1.91 bits per heavy atom. The number of likely N-dealkylation sites (N-methyl/N-ethyl adjacent to an activating group) is 1. The fourth-order valence-electron chi connectivity index (χ4n) is 2.52. The zero-order valence-electron chi connectivity index (χ0n) is 13.4. The van der Waals surface area contributed by atoms with Crippen molar-refractivity contribution in [2.75, 3.05) is 19.7 Å². The first kappa shape index (κ1) is 17.1. The van der Waals surface area contributed by atoms with Crippen molar-refractivity contribution in [2.45, 2.75) is 38.7 Å². The van der Waals surface area contributed by atoms with Gasteiger partial charge in [-0.25, -0.2) is 0 Å². The monoisotopic (exact) mass is 321 g/mol. The zero-order valence-corrected chi connectivity index (χ0v) is 13.4. The van der Waals surface area contributed by atoms with Gasteiger partial charge < -0.3 is 19.5 Å². The number of carboxylic acid groups (broad SMARTS) is 1. The van der Waals surface area contributed by atoms with E-state index < -0.39 is 5.97 Å². The van der Waals surface area contributed by atoms with E-state index in [0.29, 0.717) is 44.7 Å². The molecule has 6 nitrogen and oxygen atoms in total. The number of benzene rings is 1. The van der Waals surface area contributed by atoms with E-state index in [1.165, 1.54) is 0 Å². The summed E-state index contributed by atoms with van der Waals surface area (Å²) in [5, 5.41) is 8.60. The SMILES string of the molecule is CCN(CC1COc2ccccc2O1)C(=O)CCCCC(=O)O. The predicted octanol–water partition coefficient (Wildman–Crippen LogP) is 2.32. The third kappa shape index (κ3) is 5.16. The zero-order chi connectivity index (χ0) is 16.7. The van der Waals surface area contributed by atoms with Crippen LogP contribution in [0.4, 0.5) is 0 Å². The summed E-state index contributed by atoms with van der Waals surface area (Å²) in [5.41, 5.74) is 0. The molecule has 0 spiro atoms. The second kappa shape index (κ2) is 8.41. The number of carbonyl (C=O) groups excluding carboxylic acids is 1. The Bertz CT molecular complexity index is 546. The molecule has 1 aliphatic rings. The summed E-state index contributed by atoms with van der Waals surface area (Å²) in [6.45, 7) is 3.41. The van der Waals surface area contributed by atoms with Crippen LogP contribution in [0.25, 0.3) is 0 Å². The third-order valence-corrected chi connectivity index (χ3v) is 3.76. The lowest BCUT2D eigenvalue weighted by Gasteiger charge is -2.31. The Balaban J connectivity index is 1.80. The van der Waals surface area contributed by atoms with Gasteiger partial charge in [0.1, 0.15) is 6.61 Å². The Hall–Kier alpha value is -2.24. The fourth-order valence-corrected chi connectivity index (χ4v) is 2.52. The van der Waals surface area contributed by atoms with Gasteiger partial charge in [0.25, 0.3) is 0 Å². The van der Waals surface area contributed by atoms with Crippen LogP contribution in [0, 0.1) is 0 Å². The number of carbonyl (C=O) groups is 2. The summed E-state index contributed by atoms with van der Waals surface area (Å²) in [7, 11) is 0. The maximum absolute atomic E-state index is 12.2. The summed E-state index contributed by atoms with van der Waals surface area (Å²) >= 11 is 0. The van der Waals surface area contributed by atoms with E-state index in [4.69, 9.17) is 14.6 Å². The lowest BCUT2D eigenvalue weighted by atomic mass is 10.1. The molecule has 0 aromatic heterocycles. The average molecular weight is 321 g/mol. The van der Waals surface area contributed by atoms with Crippen LogP contribution in [0.5, 0.6) is 11.5 Å². The van der Waals surface area contributed by atoms with Crippen LogP contribution in [-0.2, 0) is 9.59 Å². The van der Waals surface area contributed by atoms with E-state index >= 15 is 0 Å². The van der Waals surface area contributed by atoms with Crippen molar-refractivity contribution >= 4 is 11.9 Å². The van der Waals surface area contributed by atoms with Crippen molar-refractivity contribution in [3.05, 3.63) is 24.3 Å². The third-order valence-electron chi connectivity index (χ3n) is 3.76. The fraction of sp³-hybridized carbons (Fsp3) is 0.529. The van der Waals surface area contributed by atoms with Crippen LogP contribution in [0.2, 0.25) is 0 Å². The minimum absolute atomic E-state index is 0.0281. The van der Waals surface area contributed by atoms with Gasteiger partial charge >= 0.3 is 5.97 Å². The van der Waals surface area contributed by atoms with Crippen LogP contribution in [0.3, 0.4) is 0 Å². The van der Waals surface area contributed by atoms with Gasteiger partial charge in [0.2, 0.25) is 5.91 Å². The highest BCUT2D eigenvalue weighted by Gasteiger charge is 2.24. The molecule has 1 unspecified atom stereocenters. The Morgan fingerprint density at radius 3 is 2.61 bits per heavy atom. The van der Waals surface area contributed by atoms with Crippen molar-refractivity contribution in [3.63, 3.8) is 0 Å². The van der Waals surface area contributed by atoms with Crippen LogP contribution in [0.15, 0.2) is 24.3 Å². The Kier molecular flexibility index (Phi) is 6.26. The number of fused-ring (bicyclic) bond motifs is 1. The molecular formula is C17H23NO5. The molecule has 1 atom stereocenters. The van der Waals surface area contributed by atoms with Gasteiger partial charge in [0, 0.05) is 19.4 Å². The molecule has 126 valence electrons. The van der Waals surface area contributed by atoms with Gasteiger partial charge in [-0.2, -0.15) is 0 Å². The number of hydrogen-bond acceptors (Lipinski definition) is 4. The Labute approximate surface area is 136 Å². The molecule has 6 heteroatoms. The lowest BCUT2D eigenvalue weighted by Crippen LogP contribution is -2.43. The van der Waals surface area contributed by atoms with Gasteiger partial charge in [0.15, 0.2) is 17.6 Å². The summed E-state index contributed by atoms with van der Waals surface area (Å²) in [5.74, 6) is 0.636. The van der Waals surface area contributed by atoms with E-state index in [1.807, 2.05) is 31.2 Å². The van der Waals surface area contributed by atoms with Crippen molar-refractivity contribution in [2.24, 2.45) is 0 Å². The number of para-hydroxylation sites is 2. The van der Waals surface area contributed by atoms with Gasteiger partial charge in [-0.3, -0.25) is 9.59 Å². The number of hydrogen-bond donors (Lipinski definition) is 1. The number of rotatable bonds is 8. The van der Waals surface area contributed by atoms with Crippen LogP contribution >= 0.6 is 0 Å². The van der Waals surface area contributed by atoms with Crippen molar-refractivity contribution in [1.29, 1.82) is 0 Å². The Morgan fingerprint density at radius 1 is 1.22 bits per heavy atom. The maximum Gasteiger partial charge on any atom is 0.303 e. The highest BCUT2D eigenvalue weighted by molar-refractivity contribution is 5.76. The summed E-state index contributed by atoms with van der Waals surface area (Å²) in [4.78, 5) is 24.4. The second-order valence-electron chi connectivity index (χ2n) is 5.53. The number of aliphatic carboxylic acids is 1. The van der Waals surface area contributed by atoms with E-state index in [1.54, 1.807) is 4.90 Å². The first-order valence-corrected chi connectivity index (χ1v) is 7.98. The number of unbranched alkanes of at least 4 members (excludes halogenated alkanes) is 1. The predicted molar refractivity (Wildman–Crippen MR) is 84.7 cm³/mol. The van der Waals surface area contributed by atoms with Gasteiger partial charge in [-0.05, 0) is 31.9 Å². The number of amides is 1. The topological polar surface area (TPSA) is 76.1 Å².